The molecule has 0 unspecified atom stereocenters. The Labute approximate surface area is 173 Å². The normalized spacial score (nSPS) is 26.5. The van der Waals surface area contributed by atoms with Crippen molar-refractivity contribution in [2.75, 3.05) is 19.8 Å². The van der Waals surface area contributed by atoms with Crippen LogP contribution in [0.1, 0.15) is 55.5 Å². The third-order valence-corrected chi connectivity index (χ3v) is 6.79. The van der Waals surface area contributed by atoms with E-state index in [4.69, 9.17) is 21.4 Å². The van der Waals surface area contributed by atoms with Gasteiger partial charge >= 0.3 is 0 Å². The maximum absolute atomic E-state index is 6.05. The first-order chi connectivity index (χ1) is 13.6. The summed E-state index contributed by atoms with van der Waals surface area (Å²) in [5, 5.41) is 5.64. The molecule has 1 aliphatic heterocycles. The van der Waals surface area contributed by atoms with Gasteiger partial charge in [-0.2, -0.15) is 5.10 Å². The van der Waals surface area contributed by atoms with Crippen LogP contribution in [-0.4, -0.2) is 46.5 Å². The molecule has 4 rings (SSSR count). The van der Waals surface area contributed by atoms with Crippen LogP contribution in [0.5, 0.6) is 0 Å². The lowest BCUT2D eigenvalue weighted by Crippen LogP contribution is -2.52. The monoisotopic (exact) mass is 401 g/mol. The molecule has 1 aromatic carbocycles. The summed E-state index contributed by atoms with van der Waals surface area (Å²) in [6, 6.07) is 11.7. The van der Waals surface area contributed by atoms with E-state index in [0.29, 0.717) is 18.0 Å². The third kappa shape index (κ3) is 4.45. The Morgan fingerprint density at radius 2 is 1.89 bits per heavy atom. The van der Waals surface area contributed by atoms with Crippen molar-refractivity contribution in [3.05, 3.63) is 52.3 Å². The van der Waals surface area contributed by atoms with Crippen LogP contribution in [0.15, 0.2) is 30.3 Å². The minimum Gasteiger partial charge on any atom is -0.378 e. The molecule has 1 saturated heterocycles. The Morgan fingerprint density at radius 1 is 1.14 bits per heavy atom. The topological polar surface area (TPSA) is 30.3 Å². The molecule has 152 valence electrons. The Balaban J connectivity index is 1.38. The van der Waals surface area contributed by atoms with E-state index in [1.807, 2.05) is 12.1 Å². The van der Waals surface area contributed by atoms with Gasteiger partial charge in [-0.3, -0.25) is 9.58 Å². The Kier molecular flexibility index (Phi) is 6.39. The largest absolute Gasteiger partial charge is 0.378 e. The number of hydrogen-bond acceptors (Lipinski definition) is 3. The van der Waals surface area contributed by atoms with Gasteiger partial charge in [0.25, 0.3) is 0 Å². The molecule has 0 radical (unpaired) electrons. The van der Waals surface area contributed by atoms with E-state index in [2.05, 4.69) is 41.6 Å². The second-order valence-electron chi connectivity index (χ2n) is 8.33. The highest BCUT2D eigenvalue weighted by Gasteiger charge is 2.33. The SMILES string of the molecule is CCn1nc(C2CCC(N3CCOC[C@@H]3Cc3ccc(Cl)cc3)CC2)cc1C. The summed E-state index contributed by atoms with van der Waals surface area (Å²) in [7, 11) is 0. The van der Waals surface area contributed by atoms with E-state index in [0.717, 1.165) is 37.7 Å². The van der Waals surface area contributed by atoms with Crippen molar-refractivity contribution in [1.29, 1.82) is 0 Å². The Morgan fingerprint density at radius 3 is 2.57 bits per heavy atom. The van der Waals surface area contributed by atoms with Crippen LogP contribution < -0.4 is 0 Å². The summed E-state index contributed by atoms with van der Waals surface area (Å²) in [4.78, 5) is 2.73. The average Bonchev–Trinajstić information content (AvgIpc) is 3.11. The summed E-state index contributed by atoms with van der Waals surface area (Å²) < 4.78 is 7.97. The van der Waals surface area contributed by atoms with E-state index in [-0.39, 0.29) is 0 Å². The highest BCUT2D eigenvalue weighted by atomic mass is 35.5. The van der Waals surface area contributed by atoms with Gasteiger partial charge in [-0.1, -0.05) is 23.7 Å². The number of benzene rings is 1. The van der Waals surface area contributed by atoms with Crippen LogP contribution in [0.25, 0.3) is 0 Å². The minimum atomic E-state index is 0.470. The fourth-order valence-electron chi connectivity index (χ4n) is 4.98. The summed E-state index contributed by atoms with van der Waals surface area (Å²) in [6.45, 7) is 8.04. The second kappa shape index (κ2) is 8.98. The van der Waals surface area contributed by atoms with Gasteiger partial charge in [0.05, 0.1) is 18.9 Å². The van der Waals surface area contributed by atoms with E-state index in [1.54, 1.807) is 0 Å². The van der Waals surface area contributed by atoms with Gasteiger partial charge in [-0.15, -0.1) is 0 Å². The lowest BCUT2D eigenvalue weighted by Gasteiger charge is -2.43. The number of hydrogen-bond donors (Lipinski definition) is 0. The first-order valence-electron chi connectivity index (χ1n) is 10.8. The van der Waals surface area contributed by atoms with Crippen LogP contribution in [0.4, 0.5) is 0 Å². The second-order valence-corrected chi connectivity index (χ2v) is 8.77. The third-order valence-electron chi connectivity index (χ3n) is 6.54. The van der Waals surface area contributed by atoms with Crippen LogP contribution >= 0.6 is 11.6 Å². The van der Waals surface area contributed by atoms with Gasteiger partial charge in [-0.25, -0.2) is 0 Å². The van der Waals surface area contributed by atoms with Crippen molar-refractivity contribution in [2.24, 2.45) is 0 Å². The van der Waals surface area contributed by atoms with Crippen molar-refractivity contribution >= 4 is 11.6 Å². The molecule has 2 aliphatic rings. The zero-order valence-corrected chi connectivity index (χ0v) is 17.9. The predicted octanol–water partition coefficient (Wildman–Crippen LogP) is 4.83. The molecule has 4 nitrogen and oxygen atoms in total. The van der Waals surface area contributed by atoms with Crippen LogP contribution in [0, 0.1) is 6.92 Å². The number of morpholine rings is 1. The lowest BCUT2D eigenvalue weighted by molar-refractivity contribution is -0.0367. The number of ether oxygens (including phenoxy) is 1. The van der Waals surface area contributed by atoms with Crippen molar-refractivity contribution < 1.29 is 4.74 Å². The van der Waals surface area contributed by atoms with E-state index in [9.17, 15) is 0 Å². The van der Waals surface area contributed by atoms with Crippen molar-refractivity contribution in [2.45, 2.75) is 70.5 Å². The maximum Gasteiger partial charge on any atom is 0.0658 e. The fourth-order valence-corrected chi connectivity index (χ4v) is 5.10. The molecular formula is C23H32ClN3O. The highest BCUT2D eigenvalue weighted by molar-refractivity contribution is 6.30. The van der Waals surface area contributed by atoms with Gasteiger partial charge in [0, 0.05) is 41.8 Å². The summed E-state index contributed by atoms with van der Waals surface area (Å²) in [5.41, 5.74) is 3.94. The van der Waals surface area contributed by atoms with Crippen LogP contribution in [0.3, 0.4) is 0 Å². The Bertz CT molecular complexity index is 765. The van der Waals surface area contributed by atoms with Crippen LogP contribution in [0.2, 0.25) is 5.02 Å². The maximum atomic E-state index is 6.05. The molecule has 0 amide bonds. The quantitative estimate of drug-likeness (QED) is 0.718. The van der Waals surface area contributed by atoms with Gasteiger partial charge < -0.3 is 4.74 Å². The van der Waals surface area contributed by atoms with E-state index < -0.39 is 0 Å². The Hall–Kier alpha value is -1.36. The number of aryl methyl sites for hydroxylation is 2. The van der Waals surface area contributed by atoms with Crippen molar-refractivity contribution in [1.82, 2.24) is 14.7 Å². The number of halogens is 1. The smallest absolute Gasteiger partial charge is 0.0658 e. The van der Waals surface area contributed by atoms with Gasteiger partial charge in [0.2, 0.25) is 0 Å². The fraction of sp³-hybridized carbons (Fsp3) is 0.609. The molecule has 1 saturated carbocycles. The first-order valence-corrected chi connectivity index (χ1v) is 11.1. The van der Waals surface area contributed by atoms with Gasteiger partial charge in [0.1, 0.15) is 0 Å². The molecular weight excluding hydrogens is 370 g/mol. The molecule has 2 fully saturated rings. The van der Waals surface area contributed by atoms with Crippen molar-refractivity contribution in [3.63, 3.8) is 0 Å². The summed E-state index contributed by atoms with van der Waals surface area (Å²) >= 11 is 6.05. The van der Waals surface area contributed by atoms with Gasteiger partial charge in [-0.05, 0) is 69.7 Å². The number of nitrogens with zero attached hydrogens (tertiary/aromatic N) is 3. The summed E-state index contributed by atoms with van der Waals surface area (Å²) in [6.07, 6.45) is 6.06. The zero-order chi connectivity index (χ0) is 19.5. The minimum absolute atomic E-state index is 0.470. The first kappa shape index (κ1) is 19.9. The molecule has 0 bridgehead atoms. The lowest BCUT2D eigenvalue weighted by atomic mass is 9.82. The average molecular weight is 402 g/mol. The predicted molar refractivity (Wildman–Crippen MR) is 114 cm³/mol. The molecule has 2 aromatic rings. The zero-order valence-electron chi connectivity index (χ0n) is 17.1. The summed E-state index contributed by atoms with van der Waals surface area (Å²) in [5.74, 6) is 0.624. The van der Waals surface area contributed by atoms with E-state index >= 15 is 0 Å². The van der Waals surface area contributed by atoms with Crippen molar-refractivity contribution in [3.8, 4) is 0 Å². The molecule has 5 heteroatoms. The molecule has 1 aliphatic carbocycles. The molecule has 2 heterocycles. The molecule has 28 heavy (non-hydrogen) atoms. The molecule has 0 N–H and O–H groups in total. The highest BCUT2D eigenvalue weighted by Crippen LogP contribution is 2.36. The number of aromatic nitrogens is 2. The van der Waals surface area contributed by atoms with E-state index in [1.165, 1.54) is 42.6 Å². The standard InChI is InChI=1S/C23H32ClN3O/c1-3-27-17(2)14-23(25-27)19-6-10-21(11-7-19)26-12-13-28-16-22(26)15-18-4-8-20(24)9-5-18/h4-5,8-9,14,19,21-22H,3,6-7,10-13,15-16H2,1-2H3/t19?,21?,22-/m0/s1. The van der Waals surface area contributed by atoms with Crippen LogP contribution in [-0.2, 0) is 17.7 Å². The molecule has 1 aromatic heterocycles. The number of rotatable bonds is 5. The molecule has 1 atom stereocenters. The molecule has 0 spiro atoms. The van der Waals surface area contributed by atoms with Gasteiger partial charge in [0.15, 0.2) is 0 Å².